The Hall–Kier alpha value is -4.64. The summed E-state index contributed by atoms with van der Waals surface area (Å²) in [5, 5.41) is 19.1. The number of carboxylic acid groups (broad SMARTS) is 1. The number of nitrogens with zero attached hydrogens (tertiary/aromatic N) is 2. The Morgan fingerprint density at radius 1 is 1.12 bits per heavy atom. The summed E-state index contributed by atoms with van der Waals surface area (Å²) in [5.41, 5.74) is 8.57. The van der Waals surface area contributed by atoms with Crippen molar-refractivity contribution in [2.24, 2.45) is 0 Å². The number of aromatic nitrogens is 2. The second-order valence-electron chi connectivity index (χ2n) is 11.2. The molecule has 2 atom stereocenters. The minimum atomic E-state index is -5.08. The smallest absolute Gasteiger partial charge is 0.490 e. The van der Waals surface area contributed by atoms with Crippen LogP contribution in [0.2, 0.25) is 0 Å². The highest BCUT2D eigenvalue weighted by Gasteiger charge is 2.65. The van der Waals surface area contributed by atoms with Crippen molar-refractivity contribution in [3.63, 3.8) is 0 Å². The first-order valence-electron chi connectivity index (χ1n) is 13.8. The predicted molar refractivity (Wildman–Crippen MR) is 156 cm³/mol. The lowest BCUT2D eigenvalue weighted by Gasteiger charge is -2.25. The summed E-state index contributed by atoms with van der Waals surface area (Å²) in [6, 6.07) is 19.0. The maximum Gasteiger partial charge on any atom is 0.490 e. The molecule has 3 aliphatic rings. The molecule has 43 heavy (non-hydrogen) atoms. The van der Waals surface area contributed by atoms with Gasteiger partial charge in [0.05, 0.1) is 23.7 Å². The molecule has 0 unspecified atom stereocenters. The number of likely N-dealkylation sites (N-methyl/N-ethyl adjacent to an activating group) is 1. The zero-order valence-electron chi connectivity index (χ0n) is 23.5. The number of aromatic amines is 1. The average molecular weight is 591 g/mol. The fraction of sp³-hybridized carbons (Fsp3) is 0.281. The number of nitrogens with one attached hydrogen (secondary N) is 2. The molecule has 1 aliphatic carbocycles. The number of aliphatic carboxylic acids is 1. The van der Waals surface area contributed by atoms with E-state index in [2.05, 4.69) is 76.0 Å². The lowest BCUT2D eigenvalue weighted by atomic mass is 9.91. The van der Waals surface area contributed by atoms with E-state index in [9.17, 15) is 18.0 Å². The number of carbonyl (C=O) groups excluding carboxylic acids is 1. The molecule has 0 saturated heterocycles. The van der Waals surface area contributed by atoms with Gasteiger partial charge in [0, 0.05) is 30.1 Å². The Labute approximate surface area is 245 Å². The van der Waals surface area contributed by atoms with E-state index in [1.54, 1.807) is 7.11 Å². The van der Waals surface area contributed by atoms with Crippen molar-refractivity contribution in [3.8, 4) is 5.75 Å². The lowest BCUT2D eigenvalue weighted by Crippen LogP contribution is -2.26. The van der Waals surface area contributed by atoms with Crippen LogP contribution >= 0.6 is 0 Å². The number of hydrogen-bond donors (Lipinski definition) is 3. The summed E-state index contributed by atoms with van der Waals surface area (Å²) >= 11 is 0. The molecule has 1 fully saturated rings. The maximum atomic E-state index is 13.0. The molecule has 1 aromatic heterocycles. The molecule has 3 aromatic carbocycles. The molecular formula is C32H29F3N4O4. The first-order valence-corrected chi connectivity index (χ1v) is 13.8. The number of fused-ring (bicyclic) bond motifs is 4. The van der Waals surface area contributed by atoms with Crippen molar-refractivity contribution in [1.82, 2.24) is 15.1 Å². The molecule has 0 radical (unpaired) electrons. The van der Waals surface area contributed by atoms with Crippen LogP contribution in [0, 0.1) is 0 Å². The van der Waals surface area contributed by atoms with Gasteiger partial charge in [0.15, 0.2) is 0 Å². The van der Waals surface area contributed by atoms with Gasteiger partial charge >= 0.3 is 12.1 Å². The number of hydrogen-bond acceptors (Lipinski definition) is 5. The molecule has 4 aromatic rings. The number of carbonyl (C=O) groups is 2. The number of methoxy groups -OCH3 is 1. The Balaban J connectivity index is 0.000000423. The van der Waals surface area contributed by atoms with Crippen molar-refractivity contribution in [2.45, 2.75) is 36.9 Å². The Morgan fingerprint density at radius 3 is 2.65 bits per heavy atom. The van der Waals surface area contributed by atoms with E-state index in [0.29, 0.717) is 0 Å². The summed E-state index contributed by atoms with van der Waals surface area (Å²) in [6.45, 7) is 2.12. The third kappa shape index (κ3) is 5.25. The van der Waals surface area contributed by atoms with E-state index in [1.165, 1.54) is 16.7 Å². The van der Waals surface area contributed by atoms with Crippen molar-refractivity contribution < 1.29 is 32.6 Å². The molecule has 1 saturated carbocycles. The van der Waals surface area contributed by atoms with E-state index in [0.717, 1.165) is 65.1 Å². The SMILES string of the molecule is COc1ccc2c(c1)[C@]1(C[C@H]1c1ccc3c(C=Cc4ccc5c(c4)CN(C)CC5)n[nH]c3c1)C(=O)N2.O=C(O)C(F)(F)F. The number of H-pyrrole nitrogens is 1. The number of amides is 1. The zero-order valence-corrected chi connectivity index (χ0v) is 23.5. The number of alkyl halides is 3. The summed E-state index contributed by atoms with van der Waals surface area (Å²) in [4.78, 5) is 24.3. The summed E-state index contributed by atoms with van der Waals surface area (Å²) < 4.78 is 37.2. The molecule has 1 amide bonds. The third-order valence-corrected chi connectivity index (χ3v) is 8.45. The molecule has 3 heterocycles. The highest BCUT2D eigenvalue weighted by Crippen LogP contribution is 2.65. The Morgan fingerprint density at radius 2 is 1.91 bits per heavy atom. The topological polar surface area (TPSA) is 108 Å². The van der Waals surface area contributed by atoms with Crippen LogP contribution < -0.4 is 10.1 Å². The maximum absolute atomic E-state index is 13.0. The average Bonchev–Trinajstić information content (AvgIpc) is 3.52. The van der Waals surface area contributed by atoms with Gasteiger partial charge in [-0.2, -0.15) is 18.3 Å². The van der Waals surface area contributed by atoms with Gasteiger partial charge in [-0.05, 0) is 78.0 Å². The first kappa shape index (κ1) is 28.5. The molecule has 3 N–H and O–H groups in total. The Bertz CT molecular complexity index is 1780. The minimum Gasteiger partial charge on any atom is -0.497 e. The standard InChI is InChI=1S/C30H28N4O2.C2HF3O2/c1-34-12-11-19-5-3-18(13-21(19)17-34)4-9-26-23-8-6-20(14-28(23)33-32-26)25-16-30(25)24-15-22(36-2)7-10-27(24)31-29(30)35;3-2(4,5)1(6)7/h3-10,13-15,25H,11-12,16-17H2,1-2H3,(H,31,35)(H,32,33);(H,6,7)/t25-,30-;/m0./s1. The molecule has 7 rings (SSSR count). The molecule has 2 aliphatic heterocycles. The van der Waals surface area contributed by atoms with E-state index in [1.807, 2.05) is 18.2 Å². The predicted octanol–water partition coefficient (Wildman–Crippen LogP) is 5.74. The molecule has 11 heteroatoms. The molecule has 0 bridgehead atoms. The summed E-state index contributed by atoms with van der Waals surface area (Å²) in [7, 11) is 3.83. The van der Waals surface area contributed by atoms with Gasteiger partial charge < -0.3 is 20.1 Å². The number of halogens is 3. The number of benzene rings is 3. The fourth-order valence-electron chi connectivity index (χ4n) is 6.10. The second kappa shape index (κ2) is 10.6. The van der Waals surface area contributed by atoms with Crippen LogP contribution in [0.4, 0.5) is 18.9 Å². The van der Waals surface area contributed by atoms with Crippen molar-refractivity contribution in [2.75, 3.05) is 26.0 Å². The second-order valence-corrected chi connectivity index (χ2v) is 11.2. The molecule has 8 nitrogen and oxygen atoms in total. The van der Waals surface area contributed by atoms with E-state index >= 15 is 0 Å². The van der Waals surface area contributed by atoms with Crippen LogP contribution in [0.25, 0.3) is 23.1 Å². The largest absolute Gasteiger partial charge is 0.497 e. The minimum absolute atomic E-state index is 0.0836. The van der Waals surface area contributed by atoms with E-state index in [4.69, 9.17) is 14.6 Å². The number of anilines is 1. The summed E-state index contributed by atoms with van der Waals surface area (Å²) in [5.74, 6) is -1.75. The highest BCUT2D eigenvalue weighted by molar-refractivity contribution is 6.10. The summed E-state index contributed by atoms with van der Waals surface area (Å²) in [6.07, 6.45) is 1.06. The van der Waals surface area contributed by atoms with E-state index < -0.39 is 17.6 Å². The lowest BCUT2D eigenvalue weighted by molar-refractivity contribution is -0.192. The molecule has 222 valence electrons. The zero-order chi connectivity index (χ0) is 30.5. The van der Waals surface area contributed by atoms with Crippen molar-refractivity contribution >= 4 is 40.6 Å². The quantitative estimate of drug-likeness (QED) is 0.280. The van der Waals surface area contributed by atoms with Crippen molar-refractivity contribution in [1.29, 1.82) is 0 Å². The normalized spacial score (nSPS) is 20.9. The van der Waals surface area contributed by atoms with Crippen LogP contribution in [0.5, 0.6) is 5.75 Å². The molecule has 1 spiro atoms. The van der Waals surface area contributed by atoms with Crippen LogP contribution in [0.1, 0.15) is 45.8 Å². The van der Waals surface area contributed by atoms with Crippen LogP contribution in [0.15, 0.2) is 54.6 Å². The third-order valence-electron chi connectivity index (χ3n) is 8.45. The van der Waals surface area contributed by atoms with Crippen LogP contribution in [-0.2, 0) is 28.0 Å². The van der Waals surface area contributed by atoms with Gasteiger partial charge in [-0.15, -0.1) is 0 Å². The monoisotopic (exact) mass is 590 g/mol. The number of ether oxygens (including phenoxy) is 1. The van der Waals surface area contributed by atoms with Gasteiger partial charge in [0.1, 0.15) is 5.75 Å². The number of carboxylic acids is 1. The number of rotatable bonds is 4. The van der Waals surface area contributed by atoms with Crippen molar-refractivity contribution in [3.05, 3.63) is 88.1 Å². The highest BCUT2D eigenvalue weighted by atomic mass is 19.4. The van der Waals surface area contributed by atoms with Gasteiger partial charge in [-0.3, -0.25) is 9.89 Å². The first-order chi connectivity index (χ1) is 20.5. The Kier molecular flexibility index (Phi) is 7.00. The fourth-order valence-corrected chi connectivity index (χ4v) is 6.10. The van der Waals surface area contributed by atoms with Gasteiger partial charge in [-0.25, -0.2) is 4.79 Å². The van der Waals surface area contributed by atoms with Gasteiger partial charge in [0.25, 0.3) is 0 Å². The van der Waals surface area contributed by atoms with Gasteiger partial charge in [0.2, 0.25) is 5.91 Å². The van der Waals surface area contributed by atoms with Gasteiger partial charge in [-0.1, -0.05) is 36.4 Å². The van der Waals surface area contributed by atoms with Crippen LogP contribution in [0.3, 0.4) is 0 Å². The molecular weight excluding hydrogens is 561 g/mol. The van der Waals surface area contributed by atoms with Crippen LogP contribution in [-0.4, -0.2) is 59.0 Å². The van der Waals surface area contributed by atoms with E-state index in [-0.39, 0.29) is 11.8 Å².